The van der Waals surface area contributed by atoms with Crippen molar-refractivity contribution < 1.29 is 4.39 Å². The molecule has 1 saturated heterocycles. The van der Waals surface area contributed by atoms with Crippen molar-refractivity contribution in [3.63, 3.8) is 0 Å². The zero-order valence-electron chi connectivity index (χ0n) is 7.35. The van der Waals surface area contributed by atoms with E-state index in [4.69, 9.17) is 12.2 Å². The summed E-state index contributed by atoms with van der Waals surface area (Å²) in [5, 5.41) is 3.83. The van der Waals surface area contributed by atoms with Crippen molar-refractivity contribution in [1.29, 1.82) is 0 Å². The number of hydrogen-bond acceptors (Lipinski definition) is 1. The number of piperidine rings is 1. The van der Waals surface area contributed by atoms with Crippen LogP contribution >= 0.6 is 12.2 Å². The molecule has 1 rings (SSSR count). The van der Waals surface area contributed by atoms with Gasteiger partial charge in [-0.15, -0.1) is 0 Å². The number of thiocarbonyl (C=S) groups is 1. The first-order valence-electron chi connectivity index (χ1n) is 4.41. The van der Waals surface area contributed by atoms with Crippen LogP contribution in [0.4, 0.5) is 4.39 Å². The molecule has 0 atom stereocenters. The molecule has 0 spiro atoms. The van der Waals surface area contributed by atoms with Crippen molar-refractivity contribution in [3.8, 4) is 0 Å². The summed E-state index contributed by atoms with van der Waals surface area (Å²) in [6.07, 6.45) is 0.613. The highest BCUT2D eigenvalue weighted by Crippen LogP contribution is 2.12. The topological polar surface area (TPSA) is 15.3 Å². The lowest BCUT2D eigenvalue weighted by molar-refractivity contribution is 0.203. The van der Waals surface area contributed by atoms with Crippen LogP contribution in [0.25, 0.3) is 0 Å². The van der Waals surface area contributed by atoms with Gasteiger partial charge in [-0.1, -0.05) is 0 Å². The second-order valence-electron chi connectivity index (χ2n) is 3.00. The first-order valence-corrected chi connectivity index (χ1v) is 4.81. The molecule has 12 heavy (non-hydrogen) atoms. The zero-order chi connectivity index (χ0) is 8.97. The molecule has 0 aromatic heterocycles. The van der Waals surface area contributed by atoms with Crippen molar-refractivity contribution in [3.05, 3.63) is 0 Å². The summed E-state index contributed by atoms with van der Waals surface area (Å²) in [4.78, 5) is 2.04. The first-order chi connectivity index (χ1) is 5.74. The van der Waals surface area contributed by atoms with Crippen molar-refractivity contribution in [2.75, 3.05) is 19.6 Å². The largest absolute Gasteiger partial charge is 0.363 e. The molecule has 0 aliphatic carbocycles. The number of alkyl halides is 1. The number of likely N-dealkylation sites (tertiary alicyclic amines) is 1. The third-order valence-electron chi connectivity index (χ3n) is 2.04. The average molecular weight is 190 g/mol. The van der Waals surface area contributed by atoms with Crippen molar-refractivity contribution in [1.82, 2.24) is 10.2 Å². The Kier molecular flexibility index (Phi) is 3.72. The second-order valence-corrected chi connectivity index (χ2v) is 3.38. The molecule has 0 bridgehead atoms. The van der Waals surface area contributed by atoms with Crippen molar-refractivity contribution in [2.24, 2.45) is 0 Å². The summed E-state index contributed by atoms with van der Waals surface area (Å²) >= 11 is 5.10. The highest BCUT2D eigenvalue weighted by molar-refractivity contribution is 7.80. The summed E-state index contributed by atoms with van der Waals surface area (Å²) in [6, 6.07) is 0. The Morgan fingerprint density at radius 3 is 2.67 bits per heavy atom. The quantitative estimate of drug-likeness (QED) is 0.628. The molecular weight excluding hydrogens is 175 g/mol. The van der Waals surface area contributed by atoms with Gasteiger partial charge in [0, 0.05) is 19.6 Å². The first kappa shape index (κ1) is 9.71. The molecule has 1 heterocycles. The molecule has 1 aliphatic heterocycles. The van der Waals surface area contributed by atoms with Crippen LogP contribution < -0.4 is 5.32 Å². The molecule has 0 aromatic carbocycles. The fourth-order valence-electron chi connectivity index (χ4n) is 1.31. The van der Waals surface area contributed by atoms with Gasteiger partial charge < -0.3 is 10.2 Å². The fraction of sp³-hybridized carbons (Fsp3) is 0.875. The van der Waals surface area contributed by atoms with E-state index in [9.17, 15) is 4.39 Å². The Bertz CT molecular complexity index is 155. The molecule has 0 saturated carbocycles. The van der Waals surface area contributed by atoms with Gasteiger partial charge in [0.2, 0.25) is 0 Å². The molecule has 70 valence electrons. The third-order valence-corrected chi connectivity index (χ3v) is 2.44. The van der Waals surface area contributed by atoms with Gasteiger partial charge in [0.25, 0.3) is 0 Å². The standard InChI is InChI=1S/C8H15FN2S/c1-2-10-8(12)11-5-3-7(9)4-6-11/h7H,2-6H2,1H3,(H,10,12). The van der Waals surface area contributed by atoms with Crippen LogP contribution in [-0.4, -0.2) is 35.8 Å². The maximum atomic E-state index is 12.7. The van der Waals surface area contributed by atoms with Gasteiger partial charge in [-0.25, -0.2) is 4.39 Å². The van der Waals surface area contributed by atoms with Crippen LogP contribution in [0.3, 0.4) is 0 Å². The fourth-order valence-corrected chi connectivity index (χ4v) is 1.64. The van der Waals surface area contributed by atoms with E-state index in [-0.39, 0.29) is 0 Å². The van der Waals surface area contributed by atoms with Crippen LogP contribution in [0.2, 0.25) is 0 Å². The summed E-state index contributed by atoms with van der Waals surface area (Å²) in [7, 11) is 0. The summed E-state index contributed by atoms with van der Waals surface area (Å²) < 4.78 is 12.7. The minimum absolute atomic E-state index is 0.617. The van der Waals surface area contributed by atoms with Crippen LogP contribution in [0.15, 0.2) is 0 Å². The van der Waals surface area contributed by atoms with Gasteiger partial charge in [-0.2, -0.15) is 0 Å². The molecule has 1 fully saturated rings. The zero-order valence-corrected chi connectivity index (χ0v) is 8.16. The Hall–Kier alpha value is -0.380. The highest BCUT2D eigenvalue weighted by Gasteiger charge is 2.19. The van der Waals surface area contributed by atoms with Crippen molar-refractivity contribution in [2.45, 2.75) is 25.9 Å². The van der Waals surface area contributed by atoms with Gasteiger partial charge >= 0.3 is 0 Å². The number of nitrogens with one attached hydrogen (secondary N) is 1. The van der Waals surface area contributed by atoms with Gasteiger partial charge in [0.15, 0.2) is 5.11 Å². The van der Waals surface area contributed by atoms with E-state index in [2.05, 4.69) is 5.32 Å². The molecule has 0 amide bonds. The van der Waals surface area contributed by atoms with Crippen LogP contribution in [0, 0.1) is 0 Å². The van der Waals surface area contributed by atoms with E-state index < -0.39 is 6.17 Å². The van der Waals surface area contributed by atoms with E-state index in [0.29, 0.717) is 12.8 Å². The monoisotopic (exact) mass is 190 g/mol. The molecule has 2 nitrogen and oxygen atoms in total. The van der Waals surface area contributed by atoms with Gasteiger partial charge in [0.1, 0.15) is 6.17 Å². The van der Waals surface area contributed by atoms with E-state index in [1.54, 1.807) is 0 Å². The lowest BCUT2D eigenvalue weighted by atomic mass is 10.1. The predicted octanol–water partition coefficient (Wildman–Crippen LogP) is 1.31. The Morgan fingerprint density at radius 2 is 2.17 bits per heavy atom. The maximum absolute atomic E-state index is 12.7. The average Bonchev–Trinajstić information content (AvgIpc) is 2.06. The number of hydrogen-bond donors (Lipinski definition) is 1. The number of halogens is 1. The minimum atomic E-state index is -0.620. The molecule has 0 unspecified atom stereocenters. The SMILES string of the molecule is CCNC(=S)N1CCC(F)CC1. The highest BCUT2D eigenvalue weighted by atomic mass is 32.1. The number of rotatable bonds is 1. The van der Waals surface area contributed by atoms with E-state index in [1.807, 2.05) is 11.8 Å². The van der Waals surface area contributed by atoms with Crippen LogP contribution in [0.5, 0.6) is 0 Å². The van der Waals surface area contributed by atoms with Crippen LogP contribution in [0.1, 0.15) is 19.8 Å². The Balaban J connectivity index is 2.29. The minimum Gasteiger partial charge on any atom is -0.363 e. The Labute approximate surface area is 78.1 Å². The lowest BCUT2D eigenvalue weighted by Crippen LogP contribution is -2.44. The van der Waals surface area contributed by atoms with Crippen molar-refractivity contribution >= 4 is 17.3 Å². The summed E-state index contributed by atoms with van der Waals surface area (Å²) in [5.74, 6) is 0. The smallest absolute Gasteiger partial charge is 0.168 e. The normalized spacial score (nSPS) is 19.3. The molecule has 1 aliphatic rings. The van der Waals surface area contributed by atoms with Gasteiger partial charge in [-0.3, -0.25) is 0 Å². The molecular formula is C8H15FN2S. The molecule has 0 aromatic rings. The molecule has 0 radical (unpaired) electrons. The summed E-state index contributed by atoms with van der Waals surface area (Å²) in [5.41, 5.74) is 0. The lowest BCUT2D eigenvalue weighted by Gasteiger charge is -2.30. The van der Waals surface area contributed by atoms with Gasteiger partial charge in [0.05, 0.1) is 0 Å². The third kappa shape index (κ3) is 2.59. The molecule has 4 heteroatoms. The molecule has 1 N–H and O–H groups in total. The maximum Gasteiger partial charge on any atom is 0.168 e. The number of nitrogens with zero attached hydrogens (tertiary/aromatic N) is 1. The second kappa shape index (κ2) is 4.60. The van der Waals surface area contributed by atoms with Gasteiger partial charge in [-0.05, 0) is 32.0 Å². The van der Waals surface area contributed by atoms with Crippen LogP contribution in [-0.2, 0) is 0 Å². The van der Waals surface area contributed by atoms with E-state index in [1.165, 1.54) is 0 Å². The Morgan fingerprint density at radius 1 is 1.58 bits per heavy atom. The van der Waals surface area contributed by atoms with E-state index >= 15 is 0 Å². The predicted molar refractivity (Wildman–Crippen MR) is 52.0 cm³/mol. The summed E-state index contributed by atoms with van der Waals surface area (Å²) in [6.45, 7) is 4.36. The van der Waals surface area contributed by atoms with E-state index in [0.717, 1.165) is 24.7 Å².